The van der Waals surface area contributed by atoms with Gasteiger partial charge in [0.25, 0.3) is 11.5 Å². The lowest BCUT2D eigenvalue weighted by Crippen LogP contribution is -2.38. The molecule has 1 aliphatic heterocycles. The maximum Gasteiger partial charge on any atom is 0.281 e. The third-order valence-electron chi connectivity index (χ3n) is 6.76. The number of nitrogens with one attached hydrogen (secondary N) is 1. The van der Waals surface area contributed by atoms with Gasteiger partial charge in [0, 0.05) is 24.6 Å². The Balaban J connectivity index is 1.37. The Bertz CT molecular complexity index is 1430. The van der Waals surface area contributed by atoms with Crippen LogP contribution in [0, 0.1) is 20.8 Å². The SMILES string of the molecule is Cc1ccc(C)c(Cn2nnc3c(=O)[nH]c(C4CCN(C(=O)c5ccccc5C)CC4)nc32)c1. The third-order valence-corrected chi connectivity index (χ3v) is 6.76. The van der Waals surface area contributed by atoms with Crippen molar-refractivity contribution in [3.8, 4) is 0 Å². The minimum atomic E-state index is -0.273. The molecule has 3 heterocycles. The first kappa shape index (κ1) is 22.0. The number of benzene rings is 2. The quantitative estimate of drug-likeness (QED) is 0.507. The number of aromatic nitrogens is 5. The van der Waals surface area contributed by atoms with Crippen LogP contribution in [-0.4, -0.2) is 48.9 Å². The highest BCUT2D eigenvalue weighted by Crippen LogP contribution is 2.27. The molecule has 4 aromatic rings. The van der Waals surface area contributed by atoms with Gasteiger partial charge < -0.3 is 9.88 Å². The van der Waals surface area contributed by atoms with Gasteiger partial charge in [-0.1, -0.05) is 47.2 Å². The molecule has 1 N–H and O–H groups in total. The second-order valence-corrected chi connectivity index (χ2v) is 9.18. The monoisotopic (exact) mass is 456 g/mol. The van der Waals surface area contributed by atoms with Crippen LogP contribution in [0.5, 0.6) is 0 Å². The van der Waals surface area contributed by atoms with Gasteiger partial charge in [-0.25, -0.2) is 9.67 Å². The van der Waals surface area contributed by atoms with Crippen molar-refractivity contribution in [3.05, 3.63) is 86.5 Å². The summed E-state index contributed by atoms with van der Waals surface area (Å²) in [4.78, 5) is 35.3. The first-order valence-electron chi connectivity index (χ1n) is 11.6. The molecule has 8 heteroatoms. The Kier molecular flexibility index (Phi) is 5.73. The summed E-state index contributed by atoms with van der Waals surface area (Å²) < 4.78 is 1.70. The van der Waals surface area contributed by atoms with Gasteiger partial charge in [0.2, 0.25) is 0 Å². The fourth-order valence-electron chi connectivity index (χ4n) is 4.65. The second kappa shape index (κ2) is 8.85. The number of likely N-dealkylation sites (tertiary alicyclic amines) is 1. The Labute approximate surface area is 197 Å². The number of hydrogen-bond donors (Lipinski definition) is 1. The average Bonchev–Trinajstić information content (AvgIpc) is 3.24. The lowest BCUT2D eigenvalue weighted by Gasteiger charge is -2.31. The minimum Gasteiger partial charge on any atom is -0.339 e. The number of aromatic amines is 1. The molecule has 0 aliphatic carbocycles. The zero-order valence-corrected chi connectivity index (χ0v) is 19.7. The summed E-state index contributed by atoms with van der Waals surface area (Å²) in [7, 11) is 0. The Morgan fingerprint density at radius 1 is 1.06 bits per heavy atom. The van der Waals surface area contributed by atoms with E-state index in [1.807, 2.05) is 36.1 Å². The fraction of sp³-hybridized carbons (Fsp3) is 0.346. The second-order valence-electron chi connectivity index (χ2n) is 9.18. The normalized spacial score (nSPS) is 14.6. The molecule has 8 nitrogen and oxygen atoms in total. The molecule has 0 saturated carbocycles. The molecule has 0 radical (unpaired) electrons. The summed E-state index contributed by atoms with van der Waals surface area (Å²) in [5.74, 6) is 0.774. The number of hydrogen-bond acceptors (Lipinski definition) is 5. The van der Waals surface area contributed by atoms with Crippen molar-refractivity contribution in [1.82, 2.24) is 29.9 Å². The van der Waals surface area contributed by atoms with Crippen LogP contribution in [0.3, 0.4) is 0 Å². The number of amides is 1. The van der Waals surface area contributed by atoms with Crippen LogP contribution in [-0.2, 0) is 6.54 Å². The Morgan fingerprint density at radius 2 is 1.82 bits per heavy atom. The van der Waals surface area contributed by atoms with E-state index in [2.05, 4.69) is 47.3 Å². The third kappa shape index (κ3) is 4.11. The Hall–Kier alpha value is -3.81. The molecule has 1 aliphatic rings. The lowest BCUT2D eigenvalue weighted by atomic mass is 9.95. The van der Waals surface area contributed by atoms with Crippen molar-refractivity contribution in [2.45, 2.75) is 46.1 Å². The van der Waals surface area contributed by atoms with Gasteiger partial charge in [-0.2, -0.15) is 0 Å². The molecule has 1 saturated heterocycles. The molecule has 1 fully saturated rings. The predicted octanol–water partition coefficient (Wildman–Crippen LogP) is 3.51. The molecule has 2 aromatic heterocycles. The van der Waals surface area contributed by atoms with Gasteiger partial charge in [0.1, 0.15) is 5.82 Å². The maximum absolute atomic E-state index is 13.0. The molecule has 0 unspecified atom stereocenters. The van der Waals surface area contributed by atoms with Gasteiger partial charge in [0.05, 0.1) is 6.54 Å². The van der Waals surface area contributed by atoms with Crippen LogP contribution in [0.15, 0.2) is 47.3 Å². The zero-order chi connectivity index (χ0) is 23.8. The molecule has 0 atom stereocenters. The van der Waals surface area contributed by atoms with E-state index in [9.17, 15) is 9.59 Å². The number of carbonyl (C=O) groups excluding carboxylic acids is 1. The number of aryl methyl sites for hydroxylation is 3. The molecule has 5 rings (SSSR count). The number of rotatable bonds is 4. The minimum absolute atomic E-state index is 0.0595. The van der Waals surface area contributed by atoms with E-state index in [-0.39, 0.29) is 22.9 Å². The van der Waals surface area contributed by atoms with Crippen LogP contribution in [0.1, 0.15) is 57.2 Å². The van der Waals surface area contributed by atoms with E-state index in [1.54, 1.807) is 4.68 Å². The van der Waals surface area contributed by atoms with Gasteiger partial charge in [-0.15, -0.1) is 5.10 Å². The number of H-pyrrole nitrogens is 1. The highest BCUT2D eigenvalue weighted by molar-refractivity contribution is 5.95. The molecular formula is C26H28N6O2. The van der Waals surface area contributed by atoms with E-state index < -0.39 is 0 Å². The first-order chi connectivity index (χ1) is 16.4. The number of nitrogens with zero attached hydrogens (tertiary/aromatic N) is 5. The average molecular weight is 457 g/mol. The molecule has 34 heavy (non-hydrogen) atoms. The van der Waals surface area contributed by atoms with Crippen molar-refractivity contribution in [2.24, 2.45) is 0 Å². The molecule has 1 amide bonds. The summed E-state index contributed by atoms with van der Waals surface area (Å²) in [6, 6.07) is 14.0. The van der Waals surface area contributed by atoms with E-state index in [4.69, 9.17) is 4.98 Å². The van der Waals surface area contributed by atoms with E-state index in [1.165, 1.54) is 5.56 Å². The highest BCUT2D eigenvalue weighted by Gasteiger charge is 2.27. The van der Waals surface area contributed by atoms with Gasteiger partial charge in [0.15, 0.2) is 11.2 Å². The number of carbonyl (C=O) groups is 1. The van der Waals surface area contributed by atoms with Gasteiger partial charge in [-0.05, 0) is 56.4 Å². The maximum atomic E-state index is 13.0. The largest absolute Gasteiger partial charge is 0.339 e. The van der Waals surface area contributed by atoms with Crippen molar-refractivity contribution in [1.29, 1.82) is 0 Å². The molecule has 174 valence electrons. The summed E-state index contributed by atoms with van der Waals surface area (Å²) in [5.41, 5.74) is 5.66. The van der Waals surface area contributed by atoms with Crippen molar-refractivity contribution >= 4 is 17.1 Å². The highest BCUT2D eigenvalue weighted by atomic mass is 16.2. The molecule has 0 bridgehead atoms. The van der Waals surface area contributed by atoms with E-state index in [0.29, 0.717) is 31.1 Å². The lowest BCUT2D eigenvalue weighted by molar-refractivity contribution is 0.0710. The number of piperidine rings is 1. The van der Waals surface area contributed by atoms with Crippen LogP contribution < -0.4 is 5.56 Å². The summed E-state index contributed by atoms with van der Waals surface area (Å²) in [6.07, 6.45) is 1.48. The summed E-state index contributed by atoms with van der Waals surface area (Å²) in [6.45, 7) is 7.83. The fourth-order valence-corrected chi connectivity index (χ4v) is 4.65. The standard InChI is InChI=1S/C26H28N6O2/c1-16-8-9-17(2)20(14-16)15-32-24-22(29-30-32)25(33)28-23(27-24)19-10-12-31(13-11-19)26(34)21-7-5-4-6-18(21)3/h4-9,14,19H,10-13,15H2,1-3H3,(H,27,28,33). The van der Waals surface area contributed by atoms with Gasteiger partial charge >= 0.3 is 0 Å². The molecule has 2 aromatic carbocycles. The van der Waals surface area contributed by atoms with Crippen LogP contribution in [0.25, 0.3) is 11.2 Å². The van der Waals surface area contributed by atoms with Crippen molar-refractivity contribution < 1.29 is 4.79 Å². The van der Waals surface area contributed by atoms with Crippen LogP contribution in [0.4, 0.5) is 0 Å². The molecular weight excluding hydrogens is 428 g/mol. The summed E-state index contributed by atoms with van der Waals surface area (Å²) in [5, 5.41) is 8.30. The predicted molar refractivity (Wildman–Crippen MR) is 130 cm³/mol. The smallest absolute Gasteiger partial charge is 0.281 e. The van der Waals surface area contributed by atoms with Crippen LogP contribution >= 0.6 is 0 Å². The molecule has 0 spiro atoms. The summed E-state index contributed by atoms with van der Waals surface area (Å²) >= 11 is 0. The van der Waals surface area contributed by atoms with E-state index in [0.717, 1.165) is 35.1 Å². The van der Waals surface area contributed by atoms with Crippen molar-refractivity contribution in [2.75, 3.05) is 13.1 Å². The van der Waals surface area contributed by atoms with Gasteiger partial charge in [-0.3, -0.25) is 9.59 Å². The topological polar surface area (TPSA) is 96.8 Å². The zero-order valence-electron chi connectivity index (χ0n) is 19.7. The number of fused-ring (bicyclic) bond motifs is 1. The first-order valence-corrected chi connectivity index (χ1v) is 11.6. The van der Waals surface area contributed by atoms with E-state index >= 15 is 0 Å². The van der Waals surface area contributed by atoms with Crippen LogP contribution in [0.2, 0.25) is 0 Å². The Morgan fingerprint density at radius 3 is 2.59 bits per heavy atom. The van der Waals surface area contributed by atoms with Crippen molar-refractivity contribution in [3.63, 3.8) is 0 Å².